The lowest BCUT2D eigenvalue weighted by Gasteiger charge is -2.22. The van der Waals surface area contributed by atoms with Crippen molar-refractivity contribution in [3.05, 3.63) is 58.8 Å². The maximum atomic E-state index is 9.37. The minimum atomic E-state index is 0.712. The molecular formula is C17H18N3S+. The van der Waals surface area contributed by atoms with Crippen molar-refractivity contribution in [1.82, 2.24) is 4.98 Å². The third-order valence-electron chi connectivity index (χ3n) is 3.78. The van der Waals surface area contributed by atoms with E-state index in [1.807, 2.05) is 24.3 Å². The van der Waals surface area contributed by atoms with Crippen molar-refractivity contribution in [2.75, 3.05) is 13.6 Å². The van der Waals surface area contributed by atoms with Crippen LogP contribution in [0.3, 0.4) is 0 Å². The van der Waals surface area contributed by atoms with E-state index in [2.05, 4.69) is 25.2 Å². The molecular weight excluding hydrogens is 278 g/mol. The van der Waals surface area contributed by atoms with E-state index in [9.17, 15) is 5.26 Å². The first-order valence-corrected chi connectivity index (χ1v) is 8.16. The maximum Gasteiger partial charge on any atom is 0.114 e. The number of hydrogen-bond donors (Lipinski definition) is 1. The Morgan fingerprint density at radius 3 is 2.90 bits per heavy atom. The first-order valence-electron chi connectivity index (χ1n) is 7.17. The largest absolute Gasteiger partial charge is 0.333 e. The molecule has 21 heavy (non-hydrogen) atoms. The molecule has 0 bridgehead atoms. The van der Waals surface area contributed by atoms with Gasteiger partial charge in [0.25, 0.3) is 0 Å². The predicted octanol–water partition coefficient (Wildman–Crippen LogP) is 1.82. The van der Waals surface area contributed by atoms with Crippen LogP contribution in [0.2, 0.25) is 0 Å². The average Bonchev–Trinajstić information content (AvgIpc) is 2.53. The molecule has 1 aromatic heterocycles. The van der Waals surface area contributed by atoms with Crippen molar-refractivity contribution in [3.63, 3.8) is 0 Å². The third-order valence-corrected chi connectivity index (χ3v) is 4.84. The minimum absolute atomic E-state index is 0.712. The number of quaternary nitrogens is 1. The number of aromatic nitrogens is 1. The highest BCUT2D eigenvalue weighted by molar-refractivity contribution is 7.98. The van der Waals surface area contributed by atoms with Crippen molar-refractivity contribution in [2.45, 2.75) is 23.7 Å². The van der Waals surface area contributed by atoms with Gasteiger partial charge >= 0.3 is 0 Å². The van der Waals surface area contributed by atoms with E-state index < -0.39 is 0 Å². The lowest BCUT2D eigenvalue weighted by molar-refractivity contribution is -0.895. The van der Waals surface area contributed by atoms with Gasteiger partial charge in [-0.1, -0.05) is 30.3 Å². The van der Waals surface area contributed by atoms with Gasteiger partial charge in [-0.25, -0.2) is 4.98 Å². The molecule has 0 spiro atoms. The molecule has 3 nitrogen and oxygen atoms in total. The van der Waals surface area contributed by atoms with Crippen LogP contribution in [0.25, 0.3) is 0 Å². The Labute approximate surface area is 129 Å². The Balaban J connectivity index is 1.83. The number of hydrogen-bond acceptors (Lipinski definition) is 3. The van der Waals surface area contributed by atoms with Gasteiger partial charge in [0.05, 0.1) is 24.8 Å². The van der Waals surface area contributed by atoms with E-state index >= 15 is 0 Å². The highest BCUT2D eigenvalue weighted by Gasteiger charge is 2.20. The fourth-order valence-electron chi connectivity index (χ4n) is 2.60. The van der Waals surface area contributed by atoms with Gasteiger partial charge in [-0.05, 0) is 11.6 Å². The zero-order chi connectivity index (χ0) is 14.7. The number of rotatable bonds is 3. The van der Waals surface area contributed by atoms with Gasteiger partial charge in [-0.15, -0.1) is 11.8 Å². The average molecular weight is 296 g/mol. The first-order chi connectivity index (χ1) is 10.3. The van der Waals surface area contributed by atoms with Gasteiger partial charge in [0.15, 0.2) is 0 Å². The van der Waals surface area contributed by atoms with E-state index in [1.54, 1.807) is 11.8 Å². The SMILES string of the molecule is C[NH+]1CCc2nc(SCc3ccccc3)c(C#N)cc2C1. The molecule has 0 saturated carbocycles. The minimum Gasteiger partial charge on any atom is -0.333 e. The lowest BCUT2D eigenvalue weighted by Crippen LogP contribution is -3.08. The van der Waals surface area contributed by atoms with Crippen molar-refractivity contribution < 1.29 is 4.90 Å². The zero-order valence-corrected chi connectivity index (χ0v) is 12.9. The number of pyridine rings is 1. The summed E-state index contributed by atoms with van der Waals surface area (Å²) in [6, 6.07) is 14.7. The van der Waals surface area contributed by atoms with Crippen LogP contribution in [0.15, 0.2) is 41.4 Å². The summed E-state index contributed by atoms with van der Waals surface area (Å²) >= 11 is 1.66. The maximum absolute atomic E-state index is 9.37. The van der Waals surface area contributed by atoms with E-state index in [1.165, 1.54) is 21.7 Å². The third kappa shape index (κ3) is 3.26. The van der Waals surface area contributed by atoms with E-state index in [0.717, 1.165) is 30.3 Å². The molecule has 1 atom stereocenters. The molecule has 4 heteroatoms. The fraction of sp³-hybridized carbons (Fsp3) is 0.294. The molecule has 1 aliphatic rings. The van der Waals surface area contributed by atoms with Gasteiger partial charge in [-0.2, -0.15) is 5.26 Å². The molecule has 1 aliphatic heterocycles. The van der Waals surface area contributed by atoms with Crippen LogP contribution in [0, 0.1) is 11.3 Å². The first kappa shape index (κ1) is 14.1. The molecule has 0 aliphatic carbocycles. The van der Waals surface area contributed by atoms with Crippen LogP contribution in [0.4, 0.5) is 0 Å². The van der Waals surface area contributed by atoms with Crippen molar-refractivity contribution in [2.24, 2.45) is 0 Å². The van der Waals surface area contributed by atoms with Crippen LogP contribution < -0.4 is 4.90 Å². The van der Waals surface area contributed by atoms with Crippen molar-refractivity contribution in [1.29, 1.82) is 5.26 Å². The summed E-state index contributed by atoms with van der Waals surface area (Å²) in [6.07, 6.45) is 1.01. The van der Waals surface area contributed by atoms with Crippen molar-refractivity contribution in [3.8, 4) is 6.07 Å². The molecule has 2 heterocycles. The number of benzene rings is 1. The van der Waals surface area contributed by atoms with E-state index in [4.69, 9.17) is 4.98 Å². The summed E-state index contributed by atoms with van der Waals surface area (Å²) < 4.78 is 0. The molecule has 1 aromatic carbocycles. The van der Waals surface area contributed by atoms with Gasteiger partial charge in [0.2, 0.25) is 0 Å². The predicted molar refractivity (Wildman–Crippen MR) is 84.1 cm³/mol. The monoisotopic (exact) mass is 296 g/mol. The van der Waals surface area contributed by atoms with Crippen LogP contribution in [0.1, 0.15) is 22.4 Å². The highest BCUT2D eigenvalue weighted by atomic mass is 32.2. The van der Waals surface area contributed by atoms with Gasteiger partial charge < -0.3 is 4.90 Å². The molecule has 0 amide bonds. The highest BCUT2D eigenvalue weighted by Crippen LogP contribution is 2.26. The summed E-state index contributed by atoms with van der Waals surface area (Å²) in [7, 11) is 2.19. The Morgan fingerprint density at radius 1 is 1.33 bits per heavy atom. The van der Waals surface area contributed by atoms with E-state index in [0.29, 0.717) is 5.56 Å². The van der Waals surface area contributed by atoms with Crippen LogP contribution in [-0.2, 0) is 18.7 Å². The molecule has 2 aromatic rings. The molecule has 1 N–H and O–H groups in total. The molecule has 0 radical (unpaired) electrons. The lowest BCUT2D eigenvalue weighted by atomic mass is 10.0. The zero-order valence-electron chi connectivity index (χ0n) is 12.1. The summed E-state index contributed by atoms with van der Waals surface area (Å²) in [5.41, 5.74) is 4.38. The summed E-state index contributed by atoms with van der Waals surface area (Å²) in [6.45, 7) is 2.09. The van der Waals surface area contributed by atoms with Crippen molar-refractivity contribution >= 4 is 11.8 Å². The van der Waals surface area contributed by atoms with Gasteiger partial charge in [0, 0.05) is 17.7 Å². The topological polar surface area (TPSA) is 41.1 Å². The second kappa shape index (κ2) is 6.30. The molecule has 106 valence electrons. The quantitative estimate of drug-likeness (QED) is 0.878. The standard InChI is InChI=1S/C17H17N3S/c1-20-8-7-16-15(11-20)9-14(10-18)17(19-16)21-12-13-5-3-2-4-6-13/h2-6,9H,7-8,11-12H2,1H3/p+1. The van der Waals surface area contributed by atoms with E-state index in [-0.39, 0.29) is 0 Å². The number of fused-ring (bicyclic) bond motifs is 1. The number of nitrogens with one attached hydrogen (secondary N) is 1. The fourth-order valence-corrected chi connectivity index (χ4v) is 3.54. The second-order valence-electron chi connectivity index (χ2n) is 5.47. The molecule has 0 saturated heterocycles. The molecule has 1 unspecified atom stereocenters. The number of nitrogens with zero attached hydrogens (tertiary/aromatic N) is 2. The summed E-state index contributed by atoms with van der Waals surface area (Å²) in [5.74, 6) is 0.854. The Hall–Kier alpha value is -1.83. The van der Waals surface area contributed by atoms with Crippen LogP contribution in [-0.4, -0.2) is 18.6 Å². The Kier molecular flexibility index (Phi) is 4.23. The second-order valence-corrected chi connectivity index (χ2v) is 6.43. The molecule has 0 fully saturated rings. The number of thioether (sulfide) groups is 1. The number of nitriles is 1. The normalized spacial score (nSPS) is 17.0. The Bertz CT molecular complexity index is 676. The molecule has 3 rings (SSSR count). The Morgan fingerprint density at radius 2 is 2.14 bits per heavy atom. The van der Waals surface area contributed by atoms with Gasteiger partial charge in [-0.3, -0.25) is 0 Å². The summed E-state index contributed by atoms with van der Waals surface area (Å²) in [5, 5.41) is 10.2. The smallest absolute Gasteiger partial charge is 0.114 e. The van der Waals surface area contributed by atoms with Gasteiger partial charge in [0.1, 0.15) is 17.6 Å². The summed E-state index contributed by atoms with van der Waals surface area (Å²) in [4.78, 5) is 6.24. The van der Waals surface area contributed by atoms with Crippen LogP contribution >= 0.6 is 11.8 Å². The number of likely N-dealkylation sites (N-methyl/N-ethyl adjacent to an activating group) is 1. The van der Waals surface area contributed by atoms with Crippen LogP contribution in [0.5, 0.6) is 0 Å².